The SMILES string of the molecule is Cc1ccc(F)cc1-c1cc(CN2CC[C@@]3(C[C@@H]2C)CN(C)S(O)(O)N3c2cccc(F)c2)ccc1O. The Morgan fingerprint density at radius 2 is 1.76 bits per heavy atom. The first-order valence-corrected chi connectivity index (χ1v) is 13.8. The highest BCUT2D eigenvalue weighted by molar-refractivity contribution is 8.23. The van der Waals surface area contributed by atoms with E-state index in [1.807, 2.05) is 19.1 Å². The summed E-state index contributed by atoms with van der Waals surface area (Å²) in [6, 6.07) is 16.1. The van der Waals surface area contributed by atoms with Crippen molar-refractivity contribution in [2.24, 2.45) is 0 Å². The zero-order chi connectivity index (χ0) is 26.5. The van der Waals surface area contributed by atoms with E-state index < -0.39 is 22.3 Å². The molecule has 2 saturated heterocycles. The molecule has 0 unspecified atom stereocenters. The van der Waals surface area contributed by atoms with Gasteiger partial charge >= 0.3 is 0 Å². The maximum atomic E-state index is 14.1. The molecule has 6 nitrogen and oxygen atoms in total. The lowest BCUT2D eigenvalue weighted by Crippen LogP contribution is -2.57. The molecule has 37 heavy (non-hydrogen) atoms. The second-order valence-corrected chi connectivity index (χ2v) is 12.3. The van der Waals surface area contributed by atoms with Crippen molar-refractivity contribution in [3.63, 3.8) is 0 Å². The molecule has 0 aromatic heterocycles. The average Bonchev–Trinajstić information content (AvgIpc) is 3.02. The van der Waals surface area contributed by atoms with Crippen molar-refractivity contribution in [1.29, 1.82) is 0 Å². The molecule has 0 amide bonds. The predicted octanol–water partition coefficient (Wildman–Crippen LogP) is 6.40. The van der Waals surface area contributed by atoms with E-state index in [4.69, 9.17) is 0 Å². The molecule has 0 saturated carbocycles. The Morgan fingerprint density at radius 1 is 1.00 bits per heavy atom. The summed E-state index contributed by atoms with van der Waals surface area (Å²) in [6.45, 7) is 5.80. The average molecular weight is 530 g/mol. The Morgan fingerprint density at radius 3 is 2.49 bits per heavy atom. The van der Waals surface area contributed by atoms with Gasteiger partial charge in [-0.15, -0.1) is 0 Å². The van der Waals surface area contributed by atoms with E-state index in [1.54, 1.807) is 39.9 Å². The fourth-order valence-electron chi connectivity index (χ4n) is 5.91. The van der Waals surface area contributed by atoms with E-state index >= 15 is 0 Å². The monoisotopic (exact) mass is 529 g/mol. The first-order valence-electron chi connectivity index (χ1n) is 12.4. The summed E-state index contributed by atoms with van der Waals surface area (Å²) in [5, 5.41) is 10.5. The van der Waals surface area contributed by atoms with E-state index in [1.165, 1.54) is 24.3 Å². The molecule has 2 atom stereocenters. The van der Waals surface area contributed by atoms with Crippen molar-refractivity contribution in [1.82, 2.24) is 9.21 Å². The molecule has 2 fully saturated rings. The molecule has 2 aliphatic heterocycles. The lowest BCUT2D eigenvalue weighted by molar-refractivity contribution is 0.100. The summed E-state index contributed by atoms with van der Waals surface area (Å²) >= 11 is 0. The maximum absolute atomic E-state index is 14.1. The Hall–Kier alpha value is -2.69. The van der Waals surface area contributed by atoms with Gasteiger partial charge in [0, 0.05) is 38.3 Å². The molecule has 0 bridgehead atoms. The van der Waals surface area contributed by atoms with Gasteiger partial charge in [-0.25, -0.2) is 8.78 Å². The highest BCUT2D eigenvalue weighted by atomic mass is 32.3. The van der Waals surface area contributed by atoms with Crippen LogP contribution in [-0.4, -0.2) is 55.1 Å². The van der Waals surface area contributed by atoms with Gasteiger partial charge in [0.2, 0.25) is 0 Å². The minimum absolute atomic E-state index is 0.0969. The molecular formula is C28H33F2N3O3S. The number of nitrogens with zero attached hydrogens (tertiary/aromatic N) is 3. The first kappa shape index (κ1) is 25.9. The summed E-state index contributed by atoms with van der Waals surface area (Å²) in [7, 11) is -1.57. The van der Waals surface area contributed by atoms with Crippen LogP contribution in [0.4, 0.5) is 14.5 Å². The van der Waals surface area contributed by atoms with E-state index in [2.05, 4.69) is 11.8 Å². The fraction of sp³-hybridized carbons (Fsp3) is 0.357. The van der Waals surface area contributed by atoms with Crippen molar-refractivity contribution >= 4 is 16.6 Å². The van der Waals surface area contributed by atoms with Crippen LogP contribution in [0.5, 0.6) is 5.75 Å². The number of aryl methyl sites for hydroxylation is 1. The third kappa shape index (κ3) is 4.70. The molecule has 9 heteroatoms. The minimum atomic E-state index is -3.27. The van der Waals surface area contributed by atoms with E-state index in [0.717, 1.165) is 11.1 Å². The lowest BCUT2D eigenvalue weighted by Gasteiger charge is -2.51. The molecular weight excluding hydrogens is 496 g/mol. The molecule has 3 N–H and O–H groups in total. The van der Waals surface area contributed by atoms with Gasteiger partial charge in [0.15, 0.2) is 0 Å². The van der Waals surface area contributed by atoms with Crippen LogP contribution < -0.4 is 4.31 Å². The first-order chi connectivity index (χ1) is 17.5. The minimum Gasteiger partial charge on any atom is -0.507 e. The summed E-state index contributed by atoms with van der Waals surface area (Å²) in [4.78, 5) is 2.33. The largest absolute Gasteiger partial charge is 0.507 e. The number of aromatic hydroxyl groups is 1. The number of hydrogen-bond acceptors (Lipinski definition) is 6. The third-order valence-corrected chi connectivity index (χ3v) is 9.81. The van der Waals surface area contributed by atoms with Crippen LogP contribution in [0.1, 0.15) is 30.9 Å². The quantitative estimate of drug-likeness (QED) is 0.363. The number of benzene rings is 3. The van der Waals surface area contributed by atoms with Crippen LogP contribution in [0.3, 0.4) is 0 Å². The van der Waals surface area contributed by atoms with Gasteiger partial charge in [-0.1, -0.05) is 29.2 Å². The molecule has 198 valence electrons. The summed E-state index contributed by atoms with van der Waals surface area (Å²) in [5.41, 5.74) is 3.06. The number of phenolic OH excluding ortho intramolecular Hbond substituents is 1. The fourth-order valence-corrected chi connectivity index (χ4v) is 7.75. The van der Waals surface area contributed by atoms with Gasteiger partial charge in [-0.05, 0) is 85.8 Å². The van der Waals surface area contributed by atoms with Gasteiger partial charge in [0.1, 0.15) is 17.4 Å². The summed E-state index contributed by atoms with van der Waals surface area (Å²) < 4.78 is 53.4. The topological polar surface area (TPSA) is 70.4 Å². The molecule has 0 aliphatic carbocycles. The molecule has 1 spiro atoms. The molecule has 3 aromatic rings. The summed E-state index contributed by atoms with van der Waals surface area (Å²) in [5.74, 6) is -0.664. The van der Waals surface area contributed by atoms with Crippen molar-refractivity contribution in [2.75, 3.05) is 24.4 Å². The molecule has 3 aromatic carbocycles. The van der Waals surface area contributed by atoms with Crippen LogP contribution in [-0.2, 0) is 6.54 Å². The number of hydrogen-bond donors (Lipinski definition) is 3. The normalized spacial score (nSPS) is 25.1. The van der Waals surface area contributed by atoms with Crippen LogP contribution in [0.2, 0.25) is 0 Å². The Labute approximate surface area is 218 Å². The van der Waals surface area contributed by atoms with Gasteiger partial charge in [-0.2, -0.15) is 4.31 Å². The van der Waals surface area contributed by atoms with Gasteiger partial charge < -0.3 is 5.11 Å². The van der Waals surface area contributed by atoms with E-state index in [0.29, 0.717) is 49.3 Å². The Bertz CT molecular complexity index is 1320. The number of likely N-dealkylation sites (tertiary alicyclic amines) is 1. The molecule has 2 heterocycles. The number of halogens is 2. The van der Waals surface area contributed by atoms with Crippen LogP contribution in [0.25, 0.3) is 11.1 Å². The molecule has 5 rings (SSSR count). The van der Waals surface area contributed by atoms with Crippen LogP contribution in [0, 0.1) is 18.6 Å². The number of phenols is 1. The highest BCUT2D eigenvalue weighted by Crippen LogP contribution is 2.61. The predicted molar refractivity (Wildman–Crippen MR) is 144 cm³/mol. The number of likely N-dealkylation sites (N-methyl/N-ethyl adjacent to an activating group) is 1. The zero-order valence-corrected chi connectivity index (χ0v) is 22.1. The second-order valence-electron chi connectivity index (χ2n) is 10.4. The maximum Gasteiger partial charge on any atom is 0.125 e. The third-order valence-electron chi connectivity index (χ3n) is 7.75. The van der Waals surface area contributed by atoms with Crippen molar-refractivity contribution < 1.29 is 23.0 Å². The number of anilines is 1. The van der Waals surface area contributed by atoms with Crippen molar-refractivity contribution in [2.45, 2.75) is 44.8 Å². The van der Waals surface area contributed by atoms with E-state index in [9.17, 15) is 23.0 Å². The smallest absolute Gasteiger partial charge is 0.125 e. The van der Waals surface area contributed by atoms with Gasteiger partial charge in [-0.3, -0.25) is 18.3 Å². The lowest BCUT2D eigenvalue weighted by atomic mass is 9.82. The Kier molecular flexibility index (Phi) is 6.70. The molecule has 2 aliphatic rings. The van der Waals surface area contributed by atoms with Gasteiger partial charge in [0.05, 0.1) is 11.2 Å². The van der Waals surface area contributed by atoms with Gasteiger partial charge in [0.25, 0.3) is 0 Å². The Balaban J connectivity index is 1.39. The summed E-state index contributed by atoms with van der Waals surface area (Å²) in [6.07, 6.45) is 1.33. The van der Waals surface area contributed by atoms with Crippen molar-refractivity contribution in [3.05, 3.63) is 83.4 Å². The second kappa shape index (κ2) is 9.56. The number of rotatable bonds is 4. The zero-order valence-electron chi connectivity index (χ0n) is 21.2. The van der Waals surface area contributed by atoms with Crippen LogP contribution >= 0.6 is 11.0 Å². The highest BCUT2D eigenvalue weighted by Gasteiger charge is 2.55. The van der Waals surface area contributed by atoms with E-state index in [-0.39, 0.29) is 17.6 Å². The van der Waals surface area contributed by atoms with Crippen LogP contribution in [0.15, 0.2) is 60.7 Å². The number of piperidine rings is 1. The van der Waals surface area contributed by atoms with Crippen molar-refractivity contribution in [3.8, 4) is 16.9 Å². The molecule has 0 radical (unpaired) electrons. The standard InChI is InChI=1S/C28H33F2N3O3S/c1-19-7-9-23(30)15-25(19)26-13-21(8-10-27(26)34)17-32-12-11-28(16-20(32)2)18-31(3)37(35,36)33(28)24-6-4-5-22(29)14-24/h4-10,13-15,20,34-36H,11-12,16-18H2,1-3H3/t20-,28+/m0/s1.